The Balaban J connectivity index is 1.60. The third-order valence-electron chi connectivity index (χ3n) is 7.32. The summed E-state index contributed by atoms with van der Waals surface area (Å²) in [4.78, 5) is 23.4. The Morgan fingerprint density at radius 3 is 2.36 bits per heavy atom. The Morgan fingerprint density at radius 1 is 1.00 bits per heavy atom. The Morgan fingerprint density at radius 2 is 1.72 bits per heavy atom. The van der Waals surface area contributed by atoms with Crippen LogP contribution in [0.5, 0.6) is 0 Å². The predicted molar refractivity (Wildman–Crippen MR) is 153 cm³/mol. The molecule has 0 aliphatic carbocycles. The summed E-state index contributed by atoms with van der Waals surface area (Å²) in [7, 11) is 0. The van der Waals surface area contributed by atoms with Crippen molar-refractivity contribution < 1.29 is 4.79 Å². The number of hydrogen-bond donors (Lipinski definition) is 0. The summed E-state index contributed by atoms with van der Waals surface area (Å²) in [5.74, 6) is 2.33. The van der Waals surface area contributed by atoms with Crippen molar-refractivity contribution in [3.8, 4) is 11.4 Å². The van der Waals surface area contributed by atoms with Gasteiger partial charge in [0.1, 0.15) is 5.82 Å². The number of hydrogen-bond acceptors (Lipinski definition) is 4. The van der Waals surface area contributed by atoms with Gasteiger partial charge in [-0.3, -0.25) is 4.79 Å². The highest BCUT2D eigenvalue weighted by Crippen LogP contribution is 2.28. The molecule has 4 rings (SSSR count). The van der Waals surface area contributed by atoms with Crippen molar-refractivity contribution in [1.82, 2.24) is 19.4 Å². The first-order valence-electron chi connectivity index (χ1n) is 14.0. The van der Waals surface area contributed by atoms with Gasteiger partial charge in [-0.1, -0.05) is 34.1 Å². The van der Waals surface area contributed by atoms with Crippen molar-refractivity contribution in [2.45, 2.75) is 72.8 Å². The fourth-order valence-corrected chi connectivity index (χ4v) is 5.69. The highest BCUT2D eigenvalue weighted by molar-refractivity contribution is 7.08. The zero-order chi connectivity index (χ0) is 25.5. The van der Waals surface area contributed by atoms with Gasteiger partial charge < -0.3 is 14.4 Å². The molecule has 1 aromatic carbocycles. The Bertz CT molecular complexity index is 1080. The van der Waals surface area contributed by atoms with Crippen LogP contribution in [-0.2, 0) is 6.54 Å². The summed E-state index contributed by atoms with van der Waals surface area (Å²) in [6.45, 7) is 15.0. The molecule has 1 aliphatic rings. The third kappa shape index (κ3) is 6.98. The molecule has 36 heavy (non-hydrogen) atoms. The van der Waals surface area contributed by atoms with Gasteiger partial charge in [-0.2, -0.15) is 11.3 Å². The predicted octanol–water partition coefficient (Wildman–Crippen LogP) is 7.18. The van der Waals surface area contributed by atoms with E-state index in [-0.39, 0.29) is 5.91 Å². The monoisotopic (exact) mass is 508 g/mol. The minimum absolute atomic E-state index is 0.149. The van der Waals surface area contributed by atoms with E-state index in [0.717, 1.165) is 73.4 Å². The normalized spacial score (nSPS) is 14.8. The fraction of sp³-hybridized carbons (Fsp3) is 0.600. The number of fused-ring (bicyclic) bond motifs is 1. The summed E-state index contributed by atoms with van der Waals surface area (Å²) in [6, 6.07) is 8.27. The molecule has 5 nitrogen and oxygen atoms in total. The average molecular weight is 509 g/mol. The Hall–Kier alpha value is -2.18. The number of aryl methyl sites for hydroxylation is 1. The molecule has 0 unspecified atom stereocenters. The lowest BCUT2D eigenvalue weighted by molar-refractivity contribution is 0.0741. The number of carbonyl (C=O) groups is 1. The van der Waals surface area contributed by atoms with E-state index in [2.05, 4.69) is 65.0 Å². The molecule has 196 valence electrons. The van der Waals surface area contributed by atoms with Crippen LogP contribution in [0.15, 0.2) is 35.0 Å². The van der Waals surface area contributed by atoms with Crippen LogP contribution in [0.4, 0.5) is 0 Å². The number of piperidine rings is 1. The highest BCUT2D eigenvalue weighted by atomic mass is 32.1. The lowest BCUT2D eigenvalue weighted by Gasteiger charge is -2.26. The van der Waals surface area contributed by atoms with Crippen LogP contribution in [0, 0.1) is 11.8 Å². The molecule has 1 saturated heterocycles. The maximum Gasteiger partial charge on any atom is 0.253 e. The lowest BCUT2D eigenvalue weighted by Crippen LogP contribution is -2.34. The van der Waals surface area contributed by atoms with E-state index in [1.807, 2.05) is 12.1 Å². The van der Waals surface area contributed by atoms with Gasteiger partial charge in [-0.15, -0.1) is 0 Å². The van der Waals surface area contributed by atoms with Crippen LogP contribution in [0.1, 0.15) is 76.6 Å². The first-order valence-corrected chi connectivity index (χ1v) is 14.9. The molecule has 0 radical (unpaired) electrons. The number of amides is 1. The van der Waals surface area contributed by atoms with Crippen molar-refractivity contribution in [3.63, 3.8) is 0 Å². The molecule has 2 aromatic heterocycles. The van der Waals surface area contributed by atoms with Crippen LogP contribution in [0.25, 0.3) is 22.4 Å². The SMILES string of the molecule is CC(C)CCN(CCC(C)C)C(=O)c1ccc2nc(-c3ccsc3)n(CCCN3CCCCC3)c2c1. The van der Waals surface area contributed by atoms with Gasteiger partial charge >= 0.3 is 0 Å². The molecular formula is C30H44N4OS. The van der Waals surface area contributed by atoms with Gasteiger partial charge in [0.2, 0.25) is 0 Å². The van der Waals surface area contributed by atoms with Gasteiger partial charge in [-0.25, -0.2) is 4.98 Å². The quantitative estimate of drug-likeness (QED) is 0.260. The second-order valence-corrected chi connectivity index (χ2v) is 12.0. The van der Waals surface area contributed by atoms with E-state index in [9.17, 15) is 4.79 Å². The molecule has 0 bridgehead atoms. The number of carbonyl (C=O) groups excluding carboxylic acids is 1. The molecule has 0 atom stereocenters. The molecule has 3 aromatic rings. The van der Waals surface area contributed by atoms with Gasteiger partial charge in [-0.05, 0) is 93.2 Å². The van der Waals surface area contributed by atoms with E-state index in [1.54, 1.807) is 11.3 Å². The van der Waals surface area contributed by atoms with Crippen molar-refractivity contribution in [1.29, 1.82) is 0 Å². The highest BCUT2D eigenvalue weighted by Gasteiger charge is 2.20. The van der Waals surface area contributed by atoms with Gasteiger partial charge in [0.15, 0.2) is 0 Å². The molecule has 0 spiro atoms. The zero-order valence-electron chi connectivity index (χ0n) is 22.7. The smallest absolute Gasteiger partial charge is 0.253 e. The number of thiophene rings is 1. The zero-order valence-corrected chi connectivity index (χ0v) is 23.5. The first-order chi connectivity index (χ1) is 17.4. The summed E-state index contributed by atoms with van der Waals surface area (Å²) < 4.78 is 2.35. The third-order valence-corrected chi connectivity index (χ3v) is 8.00. The second kappa shape index (κ2) is 12.9. The Labute approximate surface area is 221 Å². The van der Waals surface area contributed by atoms with Gasteiger partial charge in [0.05, 0.1) is 11.0 Å². The van der Waals surface area contributed by atoms with Crippen molar-refractivity contribution in [2.24, 2.45) is 11.8 Å². The average Bonchev–Trinajstić information content (AvgIpc) is 3.52. The maximum absolute atomic E-state index is 13.7. The topological polar surface area (TPSA) is 41.4 Å². The number of benzene rings is 1. The molecule has 1 aliphatic heterocycles. The fourth-order valence-electron chi connectivity index (χ4n) is 5.06. The maximum atomic E-state index is 13.7. The van der Waals surface area contributed by atoms with E-state index in [4.69, 9.17) is 4.98 Å². The summed E-state index contributed by atoms with van der Waals surface area (Å²) in [5, 5.41) is 4.29. The van der Waals surface area contributed by atoms with E-state index < -0.39 is 0 Å². The minimum atomic E-state index is 0.149. The lowest BCUT2D eigenvalue weighted by atomic mass is 10.1. The summed E-state index contributed by atoms with van der Waals surface area (Å²) >= 11 is 1.70. The van der Waals surface area contributed by atoms with Crippen LogP contribution < -0.4 is 0 Å². The van der Waals surface area contributed by atoms with Crippen LogP contribution in [-0.4, -0.2) is 58.0 Å². The number of likely N-dealkylation sites (tertiary alicyclic amines) is 1. The van der Waals surface area contributed by atoms with E-state index in [1.165, 1.54) is 32.4 Å². The standard InChI is InChI=1S/C30H44N4OS/c1-23(2)11-18-33(19-12-24(3)4)30(35)25-9-10-27-28(21-25)34(29(31-27)26-13-20-36-22-26)17-8-16-32-14-6-5-7-15-32/h9-10,13,20-24H,5-8,11-12,14-19H2,1-4H3. The number of rotatable bonds is 12. The van der Waals surface area contributed by atoms with E-state index in [0.29, 0.717) is 11.8 Å². The van der Waals surface area contributed by atoms with Crippen LogP contribution in [0.3, 0.4) is 0 Å². The first kappa shape index (κ1) is 26.9. The molecule has 3 heterocycles. The number of aromatic nitrogens is 2. The second-order valence-electron chi connectivity index (χ2n) is 11.2. The van der Waals surface area contributed by atoms with Gasteiger partial charge in [0, 0.05) is 36.1 Å². The Kier molecular flexibility index (Phi) is 9.60. The molecule has 6 heteroatoms. The number of nitrogens with zero attached hydrogens (tertiary/aromatic N) is 4. The molecule has 1 fully saturated rings. The van der Waals surface area contributed by atoms with Crippen molar-refractivity contribution >= 4 is 28.3 Å². The van der Waals surface area contributed by atoms with E-state index >= 15 is 0 Å². The molecule has 0 N–H and O–H groups in total. The van der Waals surface area contributed by atoms with Crippen LogP contribution in [0.2, 0.25) is 0 Å². The summed E-state index contributed by atoms with van der Waals surface area (Å²) in [5.41, 5.74) is 4.00. The van der Waals surface area contributed by atoms with Crippen molar-refractivity contribution in [3.05, 3.63) is 40.6 Å². The number of imidazole rings is 1. The van der Waals surface area contributed by atoms with Crippen LogP contribution >= 0.6 is 11.3 Å². The summed E-state index contributed by atoms with van der Waals surface area (Å²) in [6.07, 6.45) is 7.17. The minimum Gasteiger partial charge on any atom is -0.339 e. The molecule has 0 saturated carbocycles. The molecule has 1 amide bonds. The van der Waals surface area contributed by atoms with Gasteiger partial charge in [0.25, 0.3) is 5.91 Å². The molecular weight excluding hydrogens is 464 g/mol. The largest absolute Gasteiger partial charge is 0.339 e. The van der Waals surface area contributed by atoms with Crippen molar-refractivity contribution in [2.75, 3.05) is 32.7 Å².